The van der Waals surface area contributed by atoms with Gasteiger partial charge in [0, 0.05) is 6.54 Å². The van der Waals surface area contributed by atoms with E-state index in [-0.39, 0.29) is 24.8 Å². The highest BCUT2D eigenvalue weighted by Crippen LogP contribution is 2.28. The Bertz CT molecular complexity index is 990. The van der Waals surface area contributed by atoms with Crippen LogP contribution in [0.25, 0.3) is 0 Å². The molecule has 0 aliphatic rings. The third-order valence-electron chi connectivity index (χ3n) is 6.67. The van der Waals surface area contributed by atoms with Crippen molar-refractivity contribution < 1.29 is 33.8 Å². The Hall–Kier alpha value is -3.30. The third-order valence-corrected chi connectivity index (χ3v) is 6.67. The van der Waals surface area contributed by atoms with Gasteiger partial charge in [-0.2, -0.15) is 0 Å². The maximum atomic E-state index is 14.3. The smallest absolute Gasteiger partial charge is 0.408 e. The Morgan fingerprint density at radius 2 is 1.70 bits per heavy atom. The number of hydrogen-bond donors (Lipinski definition) is 3. The molecule has 226 valence electrons. The number of carbonyl (C=O) groups is 4. The molecule has 0 spiro atoms. The first kappa shape index (κ1) is 34.7. The normalized spacial score (nSPS) is 13.5. The van der Waals surface area contributed by atoms with E-state index in [0.29, 0.717) is 24.0 Å². The summed E-state index contributed by atoms with van der Waals surface area (Å²) in [4.78, 5) is 53.9. The zero-order chi connectivity index (χ0) is 30.5. The number of esters is 1. The molecule has 1 aromatic rings. The monoisotopic (exact) mass is 563 g/mol. The van der Waals surface area contributed by atoms with Crippen molar-refractivity contribution in [3.8, 4) is 5.75 Å². The Morgan fingerprint density at radius 1 is 1.05 bits per heavy atom. The summed E-state index contributed by atoms with van der Waals surface area (Å²) in [6.45, 7) is 12.7. The van der Waals surface area contributed by atoms with Crippen molar-refractivity contribution in [2.24, 2.45) is 5.92 Å². The number of nitrogens with zero attached hydrogens (tertiary/aromatic N) is 1. The predicted octanol–water partition coefficient (Wildman–Crippen LogP) is 4.77. The number of nitrogens with one attached hydrogen (secondary N) is 2. The Morgan fingerprint density at radius 3 is 2.25 bits per heavy atom. The van der Waals surface area contributed by atoms with E-state index in [9.17, 15) is 24.3 Å². The lowest BCUT2D eigenvalue weighted by Crippen LogP contribution is -2.55. The van der Waals surface area contributed by atoms with Crippen LogP contribution in [0, 0.1) is 12.8 Å². The number of aryl methyl sites for hydroxylation is 1. The van der Waals surface area contributed by atoms with Crippen LogP contribution in [0.1, 0.15) is 97.2 Å². The second-order valence-corrected chi connectivity index (χ2v) is 11.2. The van der Waals surface area contributed by atoms with Crippen LogP contribution in [0.5, 0.6) is 5.75 Å². The van der Waals surface area contributed by atoms with E-state index in [1.807, 2.05) is 13.8 Å². The van der Waals surface area contributed by atoms with Gasteiger partial charge in [0.25, 0.3) is 0 Å². The van der Waals surface area contributed by atoms with Crippen molar-refractivity contribution in [2.75, 3.05) is 20.2 Å². The van der Waals surface area contributed by atoms with Gasteiger partial charge in [0.15, 0.2) is 0 Å². The Labute approximate surface area is 239 Å². The number of amides is 3. The van der Waals surface area contributed by atoms with E-state index in [1.54, 1.807) is 39.8 Å². The number of aromatic hydroxyl groups is 1. The lowest BCUT2D eigenvalue weighted by Gasteiger charge is -2.36. The molecule has 10 nitrogen and oxygen atoms in total. The van der Waals surface area contributed by atoms with Gasteiger partial charge in [0.05, 0.1) is 7.11 Å². The molecule has 0 radical (unpaired) electrons. The van der Waals surface area contributed by atoms with Crippen LogP contribution < -0.4 is 10.6 Å². The molecule has 0 aliphatic carbocycles. The average molecular weight is 564 g/mol. The van der Waals surface area contributed by atoms with Gasteiger partial charge in [-0.3, -0.25) is 14.4 Å². The van der Waals surface area contributed by atoms with E-state index in [4.69, 9.17) is 4.74 Å². The minimum absolute atomic E-state index is 0.0546. The fraction of sp³-hybridized carbons (Fsp3) is 0.667. The number of ether oxygens (including phenoxy) is 2. The number of carbonyl (C=O) groups excluding carboxylic acids is 4. The van der Waals surface area contributed by atoms with Crippen LogP contribution in [-0.4, -0.2) is 65.7 Å². The summed E-state index contributed by atoms with van der Waals surface area (Å²) in [5, 5.41) is 15.5. The summed E-state index contributed by atoms with van der Waals surface area (Å²) in [5.41, 5.74) is 0.245. The molecule has 3 atom stereocenters. The predicted molar refractivity (Wildman–Crippen MR) is 154 cm³/mol. The largest absolute Gasteiger partial charge is 0.508 e. The molecule has 0 heterocycles. The van der Waals surface area contributed by atoms with Gasteiger partial charge < -0.3 is 30.1 Å². The molecule has 10 heteroatoms. The van der Waals surface area contributed by atoms with E-state index in [1.165, 1.54) is 18.1 Å². The van der Waals surface area contributed by atoms with Gasteiger partial charge in [-0.05, 0) is 63.3 Å². The van der Waals surface area contributed by atoms with Crippen LogP contribution in [0.15, 0.2) is 18.2 Å². The average Bonchev–Trinajstić information content (AvgIpc) is 2.89. The van der Waals surface area contributed by atoms with Crippen molar-refractivity contribution in [3.05, 3.63) is 29.3 Å². The molecule has 1 aromatic carbocycles. The zero-order valence-corrected chi connectivity index (χ0v) is 25.5. The number of phenolic OH excluding ortho intramolecular Hbond substituents is 1. The van der Waals surface area contributed by atoms with Crippen LogP contribution >= 0.6 is 0 Å². The van der Waals surface area contributed by atoms with Gasteiger partial charge >= 0.3 is 12.1 Å². The number of methoxy groups -OCH3 is 1. The zero-order valence-electron chi connectivity index (χ0n) is 25.5. The fourth-order valence-electron chi connectivity index (χ4n) is 4.20. The first-order valence-corrected chi connectivity index (χ1v) is 14.2. The molecule has 1 rings (SSSR count). The van der Waals surface area contributed by atoms with Crippen LogP contribution in [0.4, 0.5) is 4.79 Å². The molecule has 0 saturated carbocycles. The van der Waals surface area contributed by atoms with Gasteiger partial charge in [0.2, 0.25) is 11.8 Å². The molecule has 0 fully saturated rings. The molecule has 40 heavy (non-hydrogen) atoms. The van der Waals surface area contributed by atoms with Crippen LogP contribution in [-0.2, 0) is 23.9 Å². The number of benzene rings is 1. The highest BCUT2D eigenvalue weighted by molar-refractivity contribution is 5.93. The number of hydrogen-bond acceptors (Lipinski definition) is 7. The van der Waals surface area contributed by atoms with Crippen molar-refractivity contribution in [2.45, 2.75) is 105 Å². The number of phenols is 1. The van der Waals surface area contributed by atoms with Crippen LogP contribution in [0.3, 0.4) is 0 Å². The Kier molecular flexibility index (Phi) is 14.5. The third kappa shape index (κ3) is 11.4. The van der Waals surface area contributed by atoms with Gasteiger partial charge in [-0.25, -0.2) is 4.79 Å². The van der Waals surface area contributed by atoms with Crippen molar-refractivity contribution in [3.63, 3.8) is 0 Å². The number of unbranched alkanes of at least 4 members (excludes halogenated alkanes) is 4. The minimum Gasteiger partial charge on any atom is -0.508 e. The summed E-state index contributed by atoms with van der Waals surface area (Å²) in [6.07, 6.45) is 4.48. The molecule has 0 saturated heterocycles. The number of rotatable bonds is 15. The molecule has 3 N–H and O–H groups in total. The highest BCUT2D eigenvalue weighted by atomic mass is 16.6. The Balaban J connectivity index is 3.56. The van der Waals surface area contributed by atoms with Gasteiger partial charge in [0.1, 0.15) is 30.0 Å². The van der Waals surface area contributed by atoms with Crippen LogP contribution in [0.2, 0.25) is 0 Å². The summed E-state index contributed by atoms with van der Waals surface area (Å²) < 4.78 is 10.1. The topological polar surface area (TPSA) is 134 Å². The molecular weight excluding hydrogens is 514 g/mol. The molecule has 0 aromatic heterocycles. The lowest BCUT2D eigenvalue weighted by atomic mass is 9.95. The van der Waals surface area contributed by atoms with Crippen molar-refractivity contribution in [1.82, 2.24) is 15.5 Å². The number of alkyl carbamates (subject to hydrolysis) is 1. The van der Waals surface area contributed by atoms with Gasteiger partial charge in [-0.1, -0.05) is 58.9 Å². The van der Waals surface area contributed by atoms with Crippen molar-refractivity contribution >= 4 is 23.9 Å². The van der Waals surface area contributed by atoms with E-state index < -0.39 is 41.6 Å². The molecule has 3 amide bonds. The second-order valence-electron chi connectivity index (χ2n) is 11.2. The van der Waals surface area contributed by atoms with E-state index in [0.717, 1.165) is 25.7 Å². The molecule has 3 unspecified atom stereocenters. The summed E-state index contributed by atoms with van der Waals surface area (Å²) >= 11 is 0. The summed E-state index contributed by atoms with van der Waals surface area (Å²) in [7, 11) is 1.22. The molecule has 0 aliphatic heterocycles. The molecular formula is C30H49N3O7. The highest BCUT2D eigenvalue weighted by Gasteiger charge is 2.38. The maximum Gasteiger partial charge on any atom is 0.408 e. The molecule has 0 bridgehead atoms. The van der Waals surface area contributed by atoms with Crippen molar-refractivity contribution in [1.29, 1.82) is 0 Å². The summed E-state index contributed by atoms with van der Waals surface area (Å²) in [6, 6.07) is 2.63. The van der Waals surface area contributed by atoms with E-state index in [2.05, 4.69) is 22.3 Å². The first-order valence-electron chi connectivity index (χ1n) is 14.2. The lowest BCUT2D eigenvalue weighted by molar-refractivity contribution is -0.145. The maximum absolute atomic E-state index is 14.3. The second kappa shape index (κ2) is 16.7. The van der Waals surface area contributed by atoms with Gasteiger partial charge in [-0.15, -0.1) is 0 Å². The fourth-order valence-corrected chi connectivity index (χ4v) is 4.20. The SMILES string of the molecule is CCCCCCCN(C(=O)C(NC(=O)OC(C)(C)C)C(C)CC)C(C(=O)NCC(=O)OC)c1ccc(O)c(C)c1. The standard InChI is InChI=1S/C30H49N3O7/c1-9-11-12-13-14-17-33(28(37)25(20(3)10-2)32-29(38)40-30(5,6)7)26(27(36)31-19-24(35)39-8)22-15-16-23(34)21(4)18-22/h15-16,18,20,25-26,34H,9-14,17,19H2,1-8H3,(H,31,36)(H,32,38). The minimum atomic E-state index is -1.12. The quantitative estimate of drug-likeness (QED) is 0.207. The summed E-state index contributed by atoms with van der Waals surface area (Å²) in [5.74, 6) is -1.84. The first-order chi connectivity index (χ1) is 18.7. The van der Waals surface area contributed by atoms with E-state index >= 15 is 0 Å².